The molecule has 3 heteroatoms. The first-order valence-corrected chi connectivity index (χ1v) is 6.42. The molecule has 0 unspecified atom stereocenters. The van der Waals surface area contributed by atoms with Gasteiger partial charge in [0, 0.05) is 18.3 Å². The molecule has 0 bridgehead atoms. The predicted octanol–water partition coefficient (Wildman–Crippen LogP) is 3.01. The SMILES string of the molecule is COc1ncccc1CNCCCCC(C)C. The van der Waals surface area contributed by atoms with Gasteiger partial charge in [-0.1, -0.05) is 32.8 Å². The van der Waals surface area contributed by atoms with Crippen molar-refractivity contribution >= 4 is 0 Å². The third-order valence-electron chi connectivity index (χ3n) is 2.74. The highest BCUT2D eigenvalue weighted by atomic mass is 16.5. The van der Waals surface area contributed by atoms with E-state index in [4.69, 9.17) is 4.74 Å². The summed E-state index contributed by atoms with van der Waals surface area (Å²) in [5, 5.41) is 3.43. The van der Waals surface area contributed by atoms with Gasteiger partial charge in [0.25, 0.3) is 0 Å². The lowest BCUT2D eigenvalue weighted by Crippen LogP contribution is -2.15. The van der Waals surface area contributed by atoms with Crippen molar-refractivity contribution in [3.8, 4) is 5.88 Å². The maximum atomic E-state index is 5.20. The van der Waals surface area contributed by atoms with Gasteiger partial charge in [0.1, 0.15) is 0 Å². The van der Waals surface area contributed by atoms with Gasteiger partial charge in [0.05, 0.1) is 7.11 Å². The summed E-state index contributed by atoms with van der Waals surface area (Å²) in [6, 6.07) is 3.99. The molecule has 0 aromatic carbocycles. The van der Waals surface area contributed by atoms with Crippen LogP contribution in [0.3, 0.4) is 0 Å². The smallest absolute Gasteiger partial charge is 0.217 e. The van der Waals surface area contributed by atoms with Crippen LogP contribution >= 0.6 is 0 Å². The molecule has 1 N–H and O–H groups in total. The highest BCUT2D eigenvalue weighted by molar-refractivity contribution is 5.24. The van der Waals surface area contributed by atoms with E-state index in [9.17, 15) is 0 Å². The Kier molecular flexibility index (Phi) is 6.63. The first kappa shape index (κ1) is 14.0. The van der Waals surface area contributed by atoms with E-state index in [1.54, 1.807) is 13.3 Å². The van der Waals surface area contributed by atoms with Crippen molar-refractivity contribution in [2.75, 3.05) is 13.7 Å². The van der Waals surface area contributed by atoms with Gasteiger partial charge < -0.3 is 10.1 Å². The summed E-state index contributed by atoms with van der Waals surface area (Å²) in [7, 11) is 1.66. The first-order valence-electron chi connectivity index (χ1n) is 6.42. The second kappa shape index (κ2) is 8.07. The normalized spacial score (nSPS) is 10.8. The van der Waals surface area contributed by atoms with Gasteiger partial charge in [-0.3, -0.25) is 0 Å². The van der Waals surface area contributed by atoms with Crippen molar-refractivity contribution in [3.63, 3.8) is 0 Å². The van der Waals surface area contributed by atoms with E-state index in [2.05, 4.69) is 24.1 Å². The van der Waals surface area contributed by atoms with Crippen LogP contribution in [0.1, 0.15) is 38.7 Å². The summed E-state index contributed by atoms with van der Waals surface area (Å²) >= 11 is 0. The van der Waals surface area contributed by atoms with E-state index in [0.717, 1.165) is 30.5 Å². The Morgan fingerprint density at radius 2 is 2.18 bits per heavy atom. The summed E-state index contributed by atoms with van der Waals surface area (Å²) < 4.78 is 5.20. The van der Waals surface area contributed by atoms with E-state index < -0.39 is 0 Å². The number of aromatic nitrogens is 1. The lowest BCUT2D eigenvalue weighted by atomic mass is 10.1. The molecule has 0 spiro atoms. The quantitative estimate of drug-likeness (QED) is 0.705. The lowest BCUT2D eigenvalue weighted by molar-refractivity contribution is 0.390. The number of nitrogens with one attached hydrogen (secondary N) is 1. The molecule has 1 aromatic rings. The molecular formula is C14H24N2O. The number of ether oxygens (including phenoxy) is 1. The molecule has 17 heavy (non-hydrogen) atoms. The van der Waals surface area contributed by atoms with Crippen LogP contribution in [-0.2, 0) is 6.54 Å². The van der Waals surface area contributed by atoms with Crippen LogP contribution in [0.25, 0.3) is 0 Å². The van der Waals surface area contributed by atoms with Crippen molar-refractivity contribution < 1.29 is 4.74 Å². The summed E-state index contributed by atoms with van der Waals surface area (Å²) in [6.45, 7) is 6.44. The lowest BCUT2D eigenvalue weighted by Gasteiger charge is -2.08. The maximum Gasteiger partial charge on any atom is 0.217 e. The summed E-state index contributed by atoms with van der Waals surface area (Å²) in [5.41, 5.74) is 1.12. The fourth-order valence-electron chi connectivity index (χ4n) is 1.77. The topological polar surface area (TPSA) is 34.1 Å². The molecule has 0 radical (unpaired) electrons. The Labute approximate surface area is 105 Å². The Balaban J connectivity index is 2.17. The van der Waals surface area contributed by atoms with E-state index in [0.29, 0.717) is 0 Å². The first-order chi connectivity index (χ1) is 8.24. The molecule has 0 aliphatic carbocycles. The van der Waals surface area contributed by atoms with Crippen LogP contribution in [0.15, 0.2) is 18.3 Å². The fraction of sp³-hybridized carbons (Fsp3) is 0.643. The average molecular weight is 236 g/mol. The Hall–Kier alpha value is -1.09. The molecule has 1 heterocycles. The number of hydrogen-bond donors (Lipinski definition) is 1. The van der Waals surface area contributed by atoms with Gasteiger partial charge in [0.2, 0.25) is 5.88 Å². The molecule has 0 fully saturated rings. The molecule has 96 valence electrons. The van der Waals surface area contributed by atoms with Crippen molar-refractivity contribution in [2.24, 2.45) is 5.92 Å². The second-order valence-corrected chi connectivity index (χ2v) is 4.74. The monoisotopic (exact) mass is 236 g/mol. The molecule has 0 saturated heterocycles. The number of unbranched alkanes of at least 4 members (excludes halogenated alkanes) is 1. The molecule has 0 amide bonds. The highest BCUT2D eigenvalue weighted by Crippen LogP contribution is 2.12. The maximum absolute atomic E-state index is 5.20. The summed E-state index contributed by atoms with van der Waals surface area (Å²) in [4.78, 5) is 4.17. The molecule has 3 nitrogen and oxygen atoms in total. The number of hydrogen-bond acceptors (Lipinski definition) is 3. The Morgan fingerprint density at radius 1 is 1.35 bits per heavy atom. The number of pyridine rings is 1. The zero-order chi connectivity index (χ0) is 12.5. The third-order valence-corrected chi connectivity index (χ3v) is 2.74. The predicted molar refractivity (Wildman–Crippen MR) is 71.2 cm³/mol. The number of methoxy groups -OCH3 is 1. The minimum Gasteiger partial charge on any atom is -0.481 e. The molecule has 0 aliphatic rings. The van der Waals surface area contributed by atoms with Crippen molar-refractivity contribution in [3.05, 3.63) is 23.9 Å². The van der Waals surface area contributed by atoms with Crippen molar-refractivity contribution in [1.29, 1.82) is 0 Å². The fourth-order valence-corrected chi connectivity index (χ4v) is 1.77. The van der Waals surface area contributed by atoms with Crippen LogP contribution in [0.5, 0.6) is 5.88 Å². The average Bonchev–Trinajstić information content (AvgIpc) is 2.33. The standard InChI is InChI=1S/C14H24N2O/c1-12(2)7-4-5-9-15-11-13-8-6-10-16-14(13)17-3/h6,8,10,12,15H,4-5,7,9,11H2,1-3H3. The molecule has 0 atom stereocenters. The zero-order valence-electron chi connectivity index (χ0n) is 11.2. The van der Waals surface area contributed by atoms with Gasteiger partial charge >= 0.3 is 0 Å². The Bertz CT molecular complexity index is 313. The third kappa shape index (κ3) is 5.68. The van der Waals surface area contributed by atoms with Crippen LogP contribution in [0.2, 0.25) is 0 Å². The van der Waals surface area contributed by atoms with Crippen molar-refractivity contribution in [1.82, 2.24) is 10.3 Å². The van der Waals surface area contributed by atoms with Gasteiger partial charge in [-0.25, -0.2) is 4.98 Å². The van der Waals surface area contributed by atoms with Gasteiger partial charge in [-0.05, 0) is 24.9 Å². The largest absolute Gasteiger partial charge is 0.481 e. The minimum absolute atomic E-state index is 0.724. The highest BCUT2D eigenvalue weighted by Gasteiger charge is 2.01. The van der Waals surface area contributed by atoms with E-state index >= 15 is 0 Å². The van der Waals surface area contributed by atoms with Crippen LogP contribution < -0.4 is 10.1 Å². The molecule has 1 aromatic heterocycles. The van der Waals surface area contributed by atoms with Gasteiger partial charge in [-0.2, -0.15) is 0 Å². The minimum atomic E-state index is 0.724. The van der Waals surface area contributed by atoms with E-state index in [1.165, 1.54) is 19.3 Å². The molecular weight excluding hydrogens is 212 g/mol. The van der Waals surface area contributed by atoms with Crippen LogP contribution in [-0.4, -0.2) is 18.6 Å². The van der Waals surface area contributed by atoms with Gasteiger partial charge in [0.15, 0.2) is 0 Å². The second-order valence-electron chi connectivity index (χ2n) is 4.74. The van der Waals surface area contributed by atoms with E-state index in [1.807, 2.05) is 12.1 Å². The molecule has 0 saturated carbocycles. The van der Waals surface area contributed by atoms with Gasteiger partial charge in [-0.15, -0.1) is 0 Å². The number of nitrogens with zero attached hydrogens (tertiary/aromatic N) is 1. The van der Waals surface area contributed by atoms with Crippen LogP contribution in [0, 0.1) is 5.92 Å². The van der Waals surface area contributed by atoms with Crippen LogP contribution in [0.4, 0.5) is 0 Å². The molecule has 1 rings (SSSR count). The Morgan fingerprint density at radius 3 is 2.88 bits per heavy atom. The molecule has 0 aliphatic heterocycles. The summed E-state index contributed by atoms with van der Waals surface area (Å²) in [5.74, 6) is 1.54. The van der Waals surface area contributed by atoms with Crippen molar-refractivity contribution in [2.45, 2.75) is 39.7 Å². The van der Waals surface area contributed by atoms with E-state index in [-0.39, 0.29) is 0 Å². The summed E-state index contributed by atoms with van der Waals surface area (Å²) in [6.07, 6.45) is 5.61. The number of rotatable bonds is 8. The zero-order valence-corrected chi connectivity index (χ0v) is 11.2.